The molecule has 3 N–H and O–H groups in total. The largest absolute Gasteiger partial charge is 0.387 e. The normalized spacial score (nSPS) is 12.8. The van der Waals surface area contributed by atoms with E-state index in [1.54, 1.807) is 0 Å². The highest BCUT2D eigenvalue weighted by atomic mass is 35.5. The maximum atomic E-state index is 11.1. The standard InChI is InChI=1S/C14H20ClN3O4/c1-8(19)17-13-10(15)5-9(6-11(13)18(21)22)12(20)7-16-14(2,3)4/h5-6,12,16,20H,7H2,1-4H3,(H,17,19). The Morgan fingerprint density at radius 2 is 2.05 bits per heavy atom. The molecule has 0 aliphatic rings. The molecule has 1 rings (SSSR count). The first kappa shape index (κ1) is 18.3. The average molecular weight is 330 g/mol. The number of rotatable bonds is 5. The van der Waals surface area contributed by atoms with Gasteiger partial charge in [-0.3, -0.25) is 14.9 Å². The van der Waals surface area contributed by atoms with Gasteiger partial charge in [-0.1, -0.05) is 11.6 Å². The van der Waals surface area contributed by atoms with Crippen LogP contribution in [0.5, 0.6) is 0 Å². The third-order valence-corrected chi connectivity index (χ3v) is 3.10. The van der Waals surface area contributed by atoms with Crippen molar-refractivity contribution in [2.45, 2.75) is 39.3 Å². The number of hydrogen-bond acceptors (Lipinski definition) is 5. The maximum absolute atomic E-state index is 11.1. The third kappa shape index (κ3) is 5.25. The van der Waals surface area contributed by atoms with Crippen LogP contribution in [0, 0.1) is 10.1 Å². The van der Waals surface area contributed by atoms with Gasteiger partial charge in [-0.2, -0.15) is 0 Å². The predicted octanol–water partition coefficient (Wildman–Crippen LogP) is 2.63. The molecule has 22 heavy (non-hydrogen) atoms. The Morgan fingerprint density at radius 1 is 1.45 bits per heavy atom. The molecule has 0 saturated carbocycles. The Labute approximate surface area is 133 Å². The number of carbonyl (C=O) groups excluding carboxylic acids is 1. The first-order valence-corrected chi connectivity index (χ1v) is 7.07. The number of nitro benzene ring substituents is 1. The van der Waals surface area contributed by atoms with Crippen LogP contribution in [0.2, 0.25) is 5.02 Å². The molecular formula is C14H20ClN3O4. The molecule has 0 bridgehead atoms. The van der Waals surface area contributed by atoms with Gasteiger partial charge in [0.1, 0.15) is 5.69 Å². The van der Waals surface area contributed by atoms with E-state index in [0.717, 1.165) is 0 Å². The summed E-state index contributed by atoms with van der Waals surface area (Å²) in [4.78, 5) is 21.6. The van der Waals surface area contributed by atoms with E-state index in [-0.39, 0.29) is 28.5 Å². The minimum absolute atomic E-state index is 0.00853. The van der Waals surface area contributed by atoms with Gasteiger partial charge in [0.15, 0.2) is 0 Å². The van der Waals surface area contributed by atoms with Crippen molar-refractivity contribution in [3.8, 4) is 0 Å². The second-order valence-electron chi connectivity index (χ2n) is 5.98. The zero-order valence-electron chi connectivity index (χ0n) is 12.9. The molecule has 0 saturated heterocycles. The molecule has 1 unspecified atom stereocenters. The first-order valence-electron chi connectivity index (χ1n) is 6.70. The van der Waals surface area contributed by atoms with Gasteiger partial charge in [0.25, 0.3) is 5.69 Å². The Morgan fingerprint density at radius 3 is 2.50 bits per heavy atom. The fourth-order valence-corrected chi connectivity index (χ4v) is 2.04. The summed E-state index contributed by atoms with van der Waals surface area (Å²) >= 11 is 6.01. The summed E-state index contributed by atoms with van der Waals surface area (Å²) in [6, 6.07) is 2.63. The minimum atomic E-state index is -0.957. The molecular weight excluding hydrogens is 310 g/mol. The molecule has 0 radical (unpaired) electrons. The molecule has 0 aliphatic carbocycles. The number of benzene rings is 1. The number of amides is 1. The van der Waals surface area contributed by atoms with Crippen LogP contribution in [0.4, 0.5) is 11.4 Å². The summed E-state index contributed by atoms with van der Waals surface area (Å²) in [6.07, 6.45) is -0.957. The lowest BCUT2D eigenvalue weighted by molar-refractivity contribution is -0.384. The highest BCUT2D eigenvalue weighted by molar-refractivity contribution is 6.34. The molecule has 1 amide bonds. The zero-order chi connectivity index (χ0) is 17.1. The third-order valence-electron chi connectivity index (χ3n) is 2.80. The second-order valence-corrected chi connectivity index (χ2v) is 6.39. The van der Waals surface area contributed by atoms with E-state index >= 15 is 0 Å². The van der Waals surface area contributed by atoms with Crippen molar-refractivity contribution in [3.63, 3.8) is 0 Å². The Kier molecular flexibility index (Phi) is 5.87. The maximum Gasteiger partial charge on any atom is 0.294 e. The number of aliphatic hydroxyl groups is 1. The van der Waals surface area contributed by atoms with Gasteiger partial charge in [0.05, 0.1) is 16.0 Å². The number of carbonyl (C=O) groups is 1. The van der Waals surface area contributed by atoms with Gasteiger partial charge in [0, 0.05) is 25.1 Å². The topological polar surface area (TPSA) is 104 Å². The molecule has 7 nitrogen and oxygen atoms in total. The van der Waals surface area contributed by atoms with E-state index in [0.29, 0.717) is 5.56 Å². The fraction of sp³-hybridized carbons (Fsp3) is 0.500. The van der Waals surface area contributed by atoms with Gasteiger partial charge in [-0.15, -0.1) is 0 Å². The zero-order valence-corrected chi connectivity index (χ0v) is 13.7. The minimum Gasteiger partial charge on any atom is -0.387 e. The van der Waals surface area contributed by atoms with Gasteiger partial charge in [-0.05, 0) is 32.4 Å². The van der Waals surface area contributed by atoms with E-state index < -0.39 is 16.9 Å². The number of nitrogens with zero attached hydrogens (tertiary/aromatic N) is 1. The molecule has 1 atom stereocenters. The summed E-state index contributed by atoms with van der Waals surface area (Å²) < 4.78 is 0. The van der Waals surface area contributed by atoms with Crippen LogP contribution in [0.25, 0.3) is 0 Å². The number of halogens is 1. The Hall–Kier alpha value is -1.70. The van der Waals surface area contributed by atoms with Crippen LogP contribution >= 0.6 is 11.6 Å². The summed E-state index contributed by atoms with van der Waals surface area (Å²) in [6.45, 7) is 7.27. The smallest absolute Gasteiger partial charge is 0.294 e. The monoisotopic (exact) mass is 329 g/mol. The van der Waals surface area contributed by atoms with Crippen molar-refractivity contribution in [2.75, 3.05) is 11.9 Å². The van der Waals surface area contributed by atoms with Crippen molar-refractivity contribution in [1.82, 2.24) is 5.32 Å². The summed E-state index contributed by atoms with van der Waals surface area (Å²) in [5.41, 5.74) is -0.318. The van der Waals surface area contributed by atoms with E-state index in [1.165, 1.54) is 19.1 Å². The highest BCUT2D eigenvalue weighted by Gasteiger charge is 2.23. The van der Waals surface area contributed by atoms with Gasteiger partial charge in [-0.25, -0.2) is 0 Å². The number of nitro groups is 1. The SMILES string of the molecule is CC(=O)Nc1c(Cl)cc(C(O)CNC(C)(C)C)cc1[N+](=O)[O-]. The van der Waals surface area contributed by atoms with Crippen LogP contribution in [-0.2, 0) is 4.79 Å². The van der Waals surface area contributed by atoms with Crippen molar-refractivity contribution in [1.29, 1.82) is 0 Å². The molecule has 0 fully saturated rings. The number of nitrogens with one attached hydrogen (secondary N) is 2. The molecule has 0 spiro atoms. The van der Waals surface area contributed by atoms with Crippen LogP contribution in [0.15, 0.2) is 12.1 Å². The lowest BCUT2D eigenvalue weighted by atomic mass is 10.0. The van der Waals surface area contributed by atoms with E-state index in [4.69, 9.17) is 11.6 Å². The Balaban J connectivity index is 3.13. The van der Waals surface area contributed by atoms with E-state index in [2.05, 4.69) is 10.6 Å². The lowest BCUT2D eigenvalue weighted by Gasteiger charge is -2.23. The number of hydrogen-bond donors (Lipinski definition) is 3. The quantitative estimate of drug-likeness (QED) is 0.569. The number of anilines is 1. The average Bonchev–Trinajstić information content (AvgIpc) is 2.36. The van der Waals surface area contributed by atoms with Gasteiger partial charge >= 0.3 is 0 Å². The fourth-order valence-electron chi connectivity index (χ4n) is 1.77. The molecule has 0 heterocycles. The van der Waals surface area contributed by atoms with E-state index in [9.17, 15) is 20.0 Å². The first-order chi connectivity index (χ1) is 10.0. The molecule has 1 aromatic carbocycles. The molecule has 122 valence electrons. The molecule has 0 aliphatic heterocycles. The summed E-state index contributed by atoms with van der Waals surface area (Å²) in [5.74, 6) is -0.465. The van der Waals surface area contributed by atoms with Crippen LogP contribution < -0.4 is 10.6 Å². The van der Waals surface area contributed by atoms with Crippen LogP contribution in [-0.4, -0.2) is 28.0 Å². The van der Waals surface area contributed by atoms with Crippen LogP contribution in [0.3, 0.4) is 0 Å². The molecule has 1 aromatic rings. The Bertz CT molecular complexity index is 584. The van der Waals surface area contributed by atoms with Crippen molar-refractivity contribution in [3.05, 3.63) is 32.8 Å². The number of aliphatic hydroxyl groups excluding tert-OH is 1. The van der Waals surface area contributed by atoms with Crippen LogP contribution in [0.1, 0.15) is 39.4 Å². The van der Waals surface area contributed by atoms with E-state index in [1.807, 2.05) is 20.8 Å². The highest BCUT2D eigenvalue weighted by Crippen LogP contribution is 2.35. The van der Waals surface area contributed by atoms with Crippen molar-refractivity contribution < 1.29 is 14.8 Å². The van der Waals surface area contributed by atoms with Crippen molar-refractivity contribution >= 4 is 28.9 Å². The van der Waals surface area contributed by atoms with Gasteiger partial charge < -0.3 is 15.7 Å². The molecule has 0 aromatic heterocycles. The van der Waals surface area contributed by atoms with Crippen molar-refractivity contribution in [2.24, 2.45) is 0 Å². The second kappa shape index (κ2) is 7.04. The molecule has 8 heteroatoms. The lowest BCUT2D eigenvalue weighted by Crippen LogP contribution is -2.38. The predicted molar refractivity (Wildman–Crippen MR) is 85.1 cm³/mol. The summed E-state index contributed by atoms with van der Waals surface area (Å²) in [7, 11) is 0. The number of β-amino-alcohol motifs (C(OH)–C–C–N with tert-alkyl or cyclic N) is 1. The summed E-state index contributed by atoms with van der Waals surface area (Å²) in [5, 5.41) is 26.7. The van der Waals surface area contributed by atoms with Gasteiger partial charge in [0.2, 0.25) is 5.91 Å².